The average Bonchev–Trinajstić information content (AvgIpc) is 3.20. The van der Waals surface area contributed by atoms with Crippen molar-refractivity contribution in [2.24, 2.45) is 0 Å². The standard InChI is InChI=1S/C19H19F3N6O3/c1-11(28-10-25-27-16(28)14-5-2-6-15(23)26-14)4-3-7-31-17-13(18(29)30)8-12(9-24-17)19(20,21)22/h2,5-6,8-11H,3-4,7H2,1H3,(H2,23,26)(H,29,30). The number of nitrogens with zero attached hydrogens (tertiary/aromatic N) is 5. The first-order valence-corrected chi connectivity index (χ1v) is 9.22. The Balaban J connectivity index is 1.62. The Bertz CT molecular complexity index is 1070. The molecule has 0 fully saturated rings. The summed E-state index contributed by atoms with van der Waals surface area (Å²) in [6, 6.07) is 5.63. The number of nitrogen functional groups attached to an aromatic ring is 1. The molecule has 3 aromatic heterocycles. The van der Waals surface area contributed by atoms with Crippen molar-refractivity contribution in [1.29, 1.82) is 0 Å². The summed E-state index contributed by atoms with van der Waals surface area (Å²) in [7, 11) is 0. The van der Waals surface area contributed by atoms with Gasteiger partial charge >= 0.3 is 12.1 Å². The number of pyridine rings is 2. The molecule has 0 radical (unpaired) electrons. The Morgan fingerprint density at radius 1 is 1.35 bits per heavy atom. The van der Waals surface area contributed by atoms with E-state index >= 15 is 0 Å². The molecule has 3 N–H and O–H groups in total. The smallest absolute Gasteiger partial charge is 0.417 e. The zero-order chi connectivity index (χ0) is 22.6. The number of ether oxygens (including phenoxy) is 1. The van der Waals surface area contributed by atoms with Crippen LogP contribution in [0.15, 0.2) is 36.8 Å². The summed E-state index contributed by atoms with van der Waals surface area (Å²) in [4.78, 5) is 19.0. The zero-order valence-corrected chi connectivity index (χ0v) is 16.4. The molecule has 3 rings (SSSR count). The van der Waals surface area contributed by atoms with Crippen molar-refractivity contribution in [3.8, 4) is 17.4 Å². The van der Waals surface area contributed by atoms with E-state index in [0.717, 1.165) is 0 Å². The fourth-order valence-corrected chi connectivity index (χ4v) is 2.89. The minimum absolute atomic E-state index is 0.0589. The van der Waals surface area contributed by atoms with Gasteiger partial charge in [-0.15, -0.1) is 10.2 Å². The van der Waals surface area contributed by atoms with Gasteiger partial charge in [-0.25, -0.2) is 14.8 Å². The van der Waals surface area contributed by atoms with Gasteiger partial charge in [-0.1, -0.05) is 6.07 Å². The summed E-state index contributed by atoms with van der Waals surface area (Å²) >= 11 is 0. The van der Waals surface area contributed by atoms with E-state index in [1.165, 1.54) is 0 Å². The highest BCUT2D eigenvalue weighted by molar-refractivity contribution is 5.90. The number of nitrogens with two attached hydrogens (primary N) is 1. The first-order chi connectivity index (χ1) is 14.7. The molecule has 31 heavy (non-hydrogen) atoms. The normalized spacial score (nSPS) is 12.5. The van der Waals surface area contributed by atoms with E-state index in [-0.39, 0.29) is 18.5 Å². The van der Waals surface area contributed by atoms with Crippen LogP contribution < -0.4 is 10.5 Å². The molecule has 3 aromatic rings. The third kappa shape index (κ3) is 5.27. The Morgan fingerprint density at radius 2 is 2.13 bits per heavy atom. The number of halogens is 3. The molecule has 12 heteroatoms. The van der Waals surface area contributed by atoms with Crippen molar-refractivity contribution in [3.63, 3.8) is 0 Å². The molecule has 0 saturated carbocycles. The first kappa shape index (κ1) is 22.0. The molecule has 1 unspecified atom stereocenters. The number of aromatic nitrogens is 5. The van der Waals surface area contributed by atoms with Crippen molar-refractivity contribution in [2.75, 3.05) is 12.3 Å². The molecule has 0 amide bonds. The number of hydrogen-bond donors (Lipinski definition) is 2. The average molecular weight is 436 g/mol. The number of carboxylic acids is 1. The van der Waals surface area contributed by atoms with Crippen LogP contribution in [0.25, 0.3) is 11.5 Å². The van der Waals surface area contributed by atoms with Crippen LogP contribution in [0.5, 0.6) is 5.88 Å². The third-order valence-electron chi connectivity index (χ3n) is 4.46. The summed E-state index contributed by atoms with van der Waals surface area (Å²) in [5.41, 5.74) is 4.49. The molecule has 1 atom stereocenters. The van der Waals surface area contributed by atoms with Crippen LogP contribution in [0, 0.1) is 0 Å². The van der Waals surface area contributed by atoms with E-state index in [2.05, 4.69) is 20.2 Å². The minimum atomic E-state index is -4.69. The van der Waals surface area contributed by atoms with Gasteiger partial charge in [-0.05, 0) is 38.0 Å². The second-order valence-electron chi connectivity index (χ2n) is 6.73. The lowest BCUT2D eigenvalue weighted by Gasteiger charge is -2.16. The van der Waals surface area contributed by atoms with E-state index in [1.807, 2.05) is 11.5 Å². The van der Waals surface area contributed by atoms with Gasteiger partial charge in [0, 0.05) is 12.2 Å². The van der Waals surface area contributed by atoms with Crippen molar-refractivity contribution in [2.45, 2.75) is 32.0 Å². The molecule has 164 valence electrons. The van der Waals surface area contributed by atoms with Gasteiger partial charge in [0.15, 0.2) is 5.82 Å². The highest BCUT2D eigenvalue weighted by atomic mass is 19.4. The van der Waals surface area contributed by atoms with Crippen LogP contribution in [0.1, 0.15) is 41.7 Å². The number of aromatic carboxylic acids is 1. The van der Waals surface area contributed by atoms with Gasteiger partial charge in [0.25, 0.3) is 0 Å². The van der Waals surface area contributed by atoms with Crippen LogP contribution in [-0.2, 0) is 6.18 Å². The summed E-state index contributed by atoms with van der Waals surface area (Å²) in [5.74, 6) is -1.02. The summed E-state index contributed by atoms with van der Waals surface area (Å²) < 4.78 is 45.5. The van der Waals surface area contributed by atoms with Crippen LogP contribution >= 0.6 is 0 Å². The molecule has 3 heterocycles. The Hall–Kier alpha value is -3.70. The fraction of sp³-hybridized carbons (Fsp3) is 0.316. The summed E-state index contributed by atoms with van der Waals surface area (Å²) in [5, 5.41) is 17.2. The lowest BCUT2D eigenvalue weighted by molar-refractivity contribution is -0.137. The number of anilines is 1. The van der Waals surface area contributed by atoms with Gasteiger partial charge in [-0.2, -0.15) is 13.2 Å². The second kappa shape index (κ2) is 8.98. The Kier molecular flexibility index (Phi) is 6.37. The first-order valence-electron chi connectivity index (χ1n) is 9.22. The molecule has 0 aromatic carbocycles. The van der Waals surface area contributed by atoms with Gasteiger partial charge in [0.05, 0.1) is 12.2 Å². The maximum absolute atomic E-state index is 12.8. The highest BCUT2D eigenvalue weighted by Crippen LogP contribution is 2.31. The predicted molar refractivity (Wildman–Crippen MR) is 103 cm³/mol. The van der Waals surface area contributed by atoms with Gasteiger partial charge in [-0.3, -0.25) is 0 Å². The number of hydrogen-bond acceptors (Lipinski definition) is 7. The molecule has 0 bridgehead atoms. The number of rotatable bonds is 8. The summed E-state index contributed by atoms with van der Waals surface area (Å²) in [6.07, 6.45) is -1.51. The van der Waals surface area contributed by atoms with Crippen LogP contribution in [0.3, 0.4) is 0 Å². The van der Waals surface area contributed by atoms with Crippen LogP contribution in [-0.4, -0.2) is 42.4 Å². The quantitative estimate of drug-likeness (QED) is 0.514. The minimum Gasteiger partial charge on any atom is -0.477 e. The van der Waals surface area contributed by atoms with Gasteiger partial charge in [0.1, 0.15) is 23.4 Å². The molecule has 0 saturated heterocycles. The van der Waals surface area contributed by atoms with E-state index in [0.29, 0.717) is 42.4 Å². The SMILES string of the molecule is CC(CCCOc1ncc(C(F)(F)F)cc1C(=O)O)n1cnnc1-c1cccc(N)n1. The van der Waals surface area contributed by atoms with Crippen LogP contribution in [0.4, 0.5) is 19.0 Å². The number of carboxylic acid groups (broad SMARTS) is 1. The van der Waals surface area contributed by atoms with Crippen LogP contribution in [0.2, 0.25) is 0 Å². The highest BCUT2D eigenvalue weighted by Gasteiger charge is 2.33. The van der Waals surface area contributed by atoms with Crippen molar-refractivity contribution in [3.05, 3.63) is 47.9 Å². The van der Waals surface area contributed by atoms with Crippen molar-refractivity contribution < 1.29 is 27.8 Å². The maximum atomic E-state index is 12.8. The molecular weight excluding hydrogens is 417 g/mol. The van der Waals surface area contributed by atoms with E-state index in [9.17, 15) is 18.0 Å². The molecule has 0 spiro atoms. The molecule has 0 aliphatic rings. The zero-order valence-electron chi connectivity index (χ0n) is 16.4. The number of carbonyl (C=O) groups is 1. The molecular formula is C19H19F3N6O3. The topological polar surface area (TPSA) is 129 Å². The predicted octanol–water partition coefficient (Wildman–Crippen LogP) is 3.45. The maximum Gasteiger partial charge on any atom is 0.417 e. The van der Waals surface area contributed by atoms with Crippen molar-refractivity contribution >= 4 is 11.8 Å². The Labute approximate surface area is 174 Å². The molecule has 0 aliphatic heterocycles. The largest absolute Gasteiger partial charge is 0.477 e. The van der Waals surface area contributed by atoms with Crippen molar-refractivity contribution in [1.82, 2.24) is 24.7 Å². The number of alkyl halides is 3. The van der Waals surface area contributed by atoms with E-state index < -0.39 is 23.3 Å². The molecule has 9 nitrogen and oxygen atoms in total. The fourth-order valence-electron chi connectivity index (χ4n) is 2.89. The monoisotopic (exact) mass is 436 g/mol. The van der Waals surface area contributed by atoms with Gasteiger partial charge in [0.2, 0.25) is 5.88 Å². The third-order valence-corrected chi connectivity index (χ3v) is 4.46. The second-order valence-corrected chi connectivity index (χ2v) is 6.73. The van der Waals surface area contributed by atoms with Gasteiger partial charge < -0.3 is 20.1 Å². The lowest BCUT2D eigenvalue weighted by Crippen LogP contribution is -2.12. The van der Waals surface area contributed by atoms with E-state index in [4.69, 9.17) is 15.6 Å². The summed E-state index contributed by atoms with van der Waals surface area (Å²) in [6.45, 7) is 2.00. The lowest BCUT2D eigenvalue weighted by atomic mass is 10.1. The Morgan fingerprint density at radius 3 is 2.81 bits per heavy atom. The molecule has 0 aliphatic carbocycles. The van der Waals surface area contributed by atoms with E-state index in [1.54, 1.807) is 24.5 Å².